The van der Waals surface area contributed by atoms with E-state index in [1.807, 2.05) is 6.07 Å². The van der Waals surface area contributed by atoms with Gasteiger partial charge < -0.3 is 64.4 Å². The summed E-state index contributed by atoms with van der Waals surface area (Å²) in [5.41, 5.74) is 0.238. The van der Waals surface area contributed by atoms with Gasteiger partial charge in [0.1, 0.15) is 48.4 Å². The summed E-state index contributed by atoms with van der Waals surface area (Å²) in [6.07, 6.45) is -8.52. The first-order valence-corrected chi connectivity index (χ1v) is 15.7. The molecule has 0 aliphatic carbocycles. The van der Waals surface area contributed by atoms with E-state index in [1.54, 1.807) is 37.3 Å². The minimum Gasteiger partial charge on any atom is -0.508 e. The van der Waals surface area contributed by atoms with E-state index in [1.165, 1.54) is 26.3 Å². The summed E-state index contributed by atoms with van der Waals surface area (Å²) in [5.74, 6) is -0.0928. The first-order chi connectivity index (χ1) is 23.5. The van der Waals surface area contributed by atoms with Crippen molar-refractivity contribution >= 4 is 5.97 Å². The average Bonchev–Trinajstić information content (AvgIpc) is 3.46. The van der Waals surface area contributed by atoms with Gasteiger partial charge in [-0.3, -0.25) is 5.32 Å². The highest BCUT2D eigenvalue weighted by atomic mass is 16.7. The smallest absolute Gasteiger partial charge is 0.340 e. The Balaban J connectivity index is 1.37. The first kappa shape index (κ1) is 34.5. The number of hydrogen-bond acceptors (Lipinski definition) is 14. The van der Waals surface area contributed by atoms with Gasteiger partial charge in [0.15, 0.2) is 11.5 Å². The van der Waals surface area contributed by atoms with E-state index < -0.39 is 54.9 Å². The fraction of sp³-hybridized carbons (Fsp3) is 0.441. The van der Waals surface area contributed by atoms with E-state index >= 15 is 0 Å². The minimum absolute atomic E-state index is 0.00408. The Labute approximate surface area is 281 Å². The van der Waals surface area contributed by atoms with Crippen LogP contribution in [-0.4, -0.2) is 114 Å². The molecule has 6 rings (SSSR count). The van der Waals surface area contributed by atoms with E-state index in [9.17, 15) is 35.4 Å². The normalized spacial score (nSPS) is 27.5. The monoisotopic (exact) mass is 684 g/mol. The Morgan fingerprint density at radius 2 is 1.92 bits per heavy atom. The van der Waals surface area contributed by atoms with Crippen LogP contribution in [0, 0.1) is 0 Å². The van der Waals surface area contributed by atoms with Crippen molar-refractivity contribution in [3.63, 3.8) is 0 Å². The molecule has 49 heavy (non-hydrogen) atoms. The fourth-order valence-corrected chi connectivity index (χ4v) is 6.52. The van der Waals surface area contributed by atoms with Crippen LogP contribution in [0.4, 0.5) is 0 Å². The van der Waals surface area contributed by atoms with Crippen molar-refractivity contribution in [1.82, 2.24) is 10.6 Å². The molecule has 0 radical (unpaired) electrons. The second kappa shape index (κ2) is 13.9. The largest absolute Gasteiger partial charge is 0.508 e. The van der Waals surface area contributed by atoms with E-state index in [0.717, 1.165) is 5.56 Å². The maximum atomic E-state index is 12.3. The molecular formula is C34H40N2O13. The third-order valence-electron chi connectivity index (χ3n) is 8.88. The Hall–Kier alpha value is -4.35. The minimum atomic E-state index is -2.33. The third-order valence-corrected chi connectivity index (χ3v) is 8.88. The number of ether oxygens (including phenoxy) is 6. The number of carboxylic acids is 1. The molecule has 0 spiro atoms. The van der Waals surface area contributed by atoms with Crippen LogP contribution >= 0.6 is 0 Å². The van der Waals surface area contributed by atoms with Gasteiger partial charge in [0.2, 0.25) is 17.6 Å². The molecule has 1 fully saturated rings. The van der Waals surface area contributed by atoms with E-state index in [4.69, 9.17) is 28.4 Å². The lowest BCUT2D eigenvalue weighted by Crippen LogP contribution is -2.71. The van der Waals surface area contributed by atoms with E-state index in [-0.39, 0.29) is 30.8 Å². The summed E-state index contributed by atoms with van der Waals surface area (Å²) >= 11 is 0. The number of carboxylic acid groups (broad SMARTS) is 1. The van der Waals surface area contributed by atoms with Crippen molar-refractivity contribution in [3.05, 3.63) is 59.7 Å². The highest BCUT2D eigenvalue weighted by Gasteiger charge is 2.59. The number of likely N-dealkylation sites (N-methyl/N-ethyl adjacent to an activating group) is 1. The first-order valence-electron chi connectivity index (χ1n) is 15.7. The molecule has 3 aromatic carbocycles. The summed E-state index contributed by atoms with van der Waals surface area (Å²) < 4.78 is 36.2. The second-order valence-corrected chi connectivity index (χ2v) is 12.3. The zero-order valence-electron chi connectivity index (χ0n) is 27.0. The maximum Gasteiger partial charge on any atom is 0.340 e. The molecule has 15 heteroatoms. The van der Waals surface area contributed by atoms with E-state index in [0.29, 0.717) is 46.2 Å². The quantitative estimate of drug-likeness (QED) is 0.0980. The molecule has 264 valence electrons. The van der Waals surface area contributed by atoms with Gasteiger partial charge in [-0.2, -0.15) is 0 Å². The number of methoxy groups -OCH3 is 1. The molecule has 3 aromatic rings. The third kappa shape index (κ3) is 6.30. The van der Waals surface area contributed by atoms with Crippen LogP contribution in [0.1, 0.15) is 30.1 Å². The zero-order chi connectivity index (χ0) is 35.0. The van der Waals surface area contributed by atoms with Gasteiger partial charge in [-0.15, -0.1) is 0 Å². The average molecular weight is 685 g/mol. The molecule has 0 aromatic heterocycles. The number of fused-ring (bicyclic) bond motifs is 5. The number of aliphatic hydroxyl groups is 4. The van der Waals surface area contributed by atoms with Crippen molar-refractivity contribution in [2.24, 2.45) is 0 Å². The molecule has 3 aliphatic heterocycles. The summed E-state index contributed by atoms with van der Waals surface area (Å²) in [6, 6.07) is 13.3. The lowest BCUT2D eigenvalue weighted by atomic mass is 9.85. The van der Waals surface area contributed by atoms with Gasteiger partial charge in [-0.05, 0) is 49.4 Å². The highest BCUT2D eigenvalue weighted by molar-refractivity contribution is 5.79. The number of phenols is 1. The molecule has 3 aliphatic rings. The van der Waals surface area contributed by atoms with Crippen molar-refractivity contribution in [2.75, 3.05) is 40.6 Å². The Kier molecular flexibility index (Phi) is 9.77. The molecule has 8 atom stereocenters. The molecule has 0 saturated carbocycles. The molecule has 0 amide bonds. The number of aromatic hydroxyl groups is 1. The number of phenolic OH excluding ortho intramolecular Hbond substituents is 1. The van der Waals surface area contributed by atoms with Gasteiger partial charge in [0, 0.05) is 30.3 Å². The maximum absolute atomic E-state index is 12.3. The Bertz CT molecular complexity index is 1690. The topological polar surface area (TPSA) is 218 Å². The number of hydrogen-bond donors (Lipinski definition) is 8. The molecule has 1 saturated heterocycles. The predicted molar refractivity (Wildman–Crippen MR) is 171 cm³/mol. The van der Waals surface area contributed by atoms with Crippen LogP contribution in [0.15, 0.2) is 48.5 Å². The number of aliphatic hydroxyl groups excluding tert-OH is 4. The molecule has 15 nitrogen and oxygen atoms in total. The van der Waals surface area contributed by atoms with Crippen molar-refractivity contribution in [2.45, 2.75) is 55.3 Å². The van der Waals surface area contributed by atoms with Crippen molar-refractivity contribution < 1.29 is 63.9 Å². The van der Waals surface area contributed by atoms with Crippen LogP contribution in [0.3, 0.4) is 0 Å². The van der Waals surface area contributed by atoms with Crippen molar-refractivity contribution in [3.8, 4) is 45.6 Å². The van der Waals surface area contributed by atoms with Gasteiger partial charge in [-0.25, -0.2) is 4.79 Å². The van der Waals surface area contributed by atoms with Crippen LogP contribution in [0.25, 0.3) is 11.1 Å². The fourth-order valence-electron chi connectivity index (χ4n) is 6.52. The number of carbonyl (C=O) groups is 1. The molecule has 0 unspecified atom stereocenters. The predicted octanol–water partition coefficient (Wildman–Crippen LogP) is 0.845. The highest BCUT2D eigenvalue weighted by Crippen LogP contribution is 2.58. The molecular weight excluding hydrogens is 644 g/mol. The number of nitrogens with one attached hydrogen (secondary N) is 2. The van der Waals surface area contributed by atoms with Crippen LogP contribution in [0.2, 0.25) is 0 Å². The van der Waals surface area contributed by atoms with Gasteiger partial charge >= 0.3 is 5.97 Å². The zero-order valence-corrected chi connectivity index (χ0v) is 27.0. The van der Waals surface area contributed by atoms with Crippen LogP contribution < -0.4 is 34.3 Å². The standard InChI is InChI=1S/C34H40N2O13/c1-16(37)12-36-15-46-23-8-7-20-22-13-45-24-11-19(47-32-27(40)26(39)31(41)34(49-32,14-35-2)33(42)43)10-21(17-5-4-6-18(38)9-17)25(24)28(22)48-29(20)30(23)44-3/h4-11,16,22,26-28,31-32,35-41H,12-15H2,1-3H3,(H,42,43)/t16-,22-,26+,27+,28-,31-,32-,34-/m0/s1. The molecule has 0 bridgehead atoms. The van der Waals surface area contributed by atoms with Gasteiger partial charge in [0.25, 0.3) is 0 Å². The number of rotatable bonds is 12. The van der Waals surface area contributed by atoms with Gasteiger partial charge in [-0.1, -0.05) is 18.2 Å². The Morgan fingerprint density at radius 3 is 2.61 bits per heavy atom. The van der Waals surface area contributed by atoms with Crippen LogP contribution in [0.5, 0.6) is 34.5 Å². The van der Waals surface area contributed by atoms with Crippen molar-refractivity contribution in [1.29, 1.82) is 0 Å². The lowest BCUT2D eigenvalue weighted by Gasteiger charge is -2.45. The molecule has 8 N–H and O–H groups in total. The number of aliphatic carboxylic acids is 1. The Morgan fingerprint density at radius 1 is 1.12 bits per heavy atom. The molecule has 3 heterocycles. The van der Waals surface area contributed by atoms with Gasteiger partial charge in [0.05, 0.1) is 25.7 Å². The summed E-state index contributed by atoms with van der Waals surface area (Å²) in [5, 5.41) is 67.6. The summed E-state index contributed by atoms with van der Waals surface area (Å²) in [4.78, 5) is 12.3. The van der Waals surface area contributed by atoms with Crippen LogP contribution in [-0.2, 0) is 9.53 Å². The number of benzene rings is 3. The SMILES string of the molecule is CNC[C@]1(C(=O)O)O[C@H](Oc2cc3c(c(-c4cccc(O)c4)c2)[C@H]2Oc4c(ccc(OCNC[C@H](C)O)c4OC)[C@@H]2CO3)[C@H](O)[C@@H](O)[C@@H]1O. The lowest BCUT2D eigenvalue weighted by molar-refractivity contribution is -0.305. The summed E-state index contributed by atoms with van der Waals surface area (Å²) in [6.45, 7) is 1.93. The second-order valence-electron chi connectivity index (χ2n) is 12.3. The summed E-state index contributed by atoms with van der Waals surface area (Å²) in [7, 11) is 2.96. The van der Waals surface area contributed by atoms with E-state index in [2.05, 4.69) is 10.6 Å².